The molecular weight excluding hydrogens is 374 g/mol. The Bertz CT molecular complexity index is 1050. The van der Waals surface area contributed by atoms with E-state index in [2.05, 4.69) is 0 Å². The van der Waals surface area contributed by atoms with Crippen molar-refractivity contribution in [3.8, 4) is 0 Å². The van der Waals surface area contributed by atoms with Crippen LogP contribution in [0.4, 0.5) is 0 Å². The predicted octanol–water partition coefficient (Wildman–Crippen LogP) is 3.26. The molecule has 1 saturated heterocycles. The van der Waals surface area contributed by atoms with Gasteiger partial charge in [0.2, 0.25) is 5.91 Å². The Labute approximate surface area is 165 Å². The van der Waals surface area contributed by atoms with Crippen molar-refractivity contribution in [1.29, 1.82) is 0 Å². The monoisotopic (exact) mass is 391 g/mol. The van der Waals surface area contributed by atoms with Gasteiger partial charge in [0.05, 0.1) is 27.4 Å². The van der Waals surface area contributed by atoms with Gasteiger partial charge in [-0.25, -0.2) is 4.98 Å². The minimum absolute atomic E-state index is 0.0971. The molecule has 1 aromatic heterocycles. The molecule has 3 aromatic rings. The lowest BCUT2D eigenvalue weighted by molar-refractivity contribution is -0.132. The number of carbonyl (C=O) groups excluding carboxylic acids is 3. The molecule has 5 rings (SSSR count). The lowest BCUT2D eigenvalue weighted by Gasteiger charge is -2.25. The van der Waals surface area contributed by atoms with Crippen LogP contribution in [0, 0.1) is 0 Å². The molecule has 1 fully saturated rings. The minimum atomic E-state index is -0.398. The molecule has 2 aromatic carbocycles. The van der Waals surface area contributed by atoms with Crippen LogP contribution in [-0.2, 0) is 4.79 Å². The van der Waals surface area contributed by atoms with Gasteiger partial charge in [0.25, 0.3) is 11.8 Å². The topological polar surface area (TPSA) is 70.6 Å². The second-order valence-corrected chi connectivity index (χ2v) is 8.07. The van der Waals surface area contributed by atoms with Crippen molar-refractivity contribution >= 4 is 39.3 Å². The van der Waals surface area contributed by atoms with Crippen molar-refractivity contribution in [2.24, 2.45) is 0 Å². The van der Waals surface area contributed by atoms with Gasteiger partial charge in [-0.05, 0) is 37.1 Å². The van der Waals surface area contributed by atoms with Gasteiger partial charge in [0.1, 0.15) is 11.6 Å². The normalized spacial score (nSPS) is 18.9. The van der Waals surface area contributed by atoms with Crippen LogP contribution in [0.2, 0.25) is 0 Å². The molecule has 1 atom stereocenters. The summed E-state index contributed by atoms with van der Waals surface area (Å²) in [6.45, 7) is 0.385. The second-order valence-electron chi connectivity index (χ2n) is 7.01. The quantitative estimate of drug-likeness (QED) is 0.643. The van der Waals surface area contributed by atoms with E-state index >= 15 is 0 Å². The number of hydrogen-bond acceptors (Lipinski definition) is 5. The van der Waals surface area contributed by atoms with Gasteiger partial charge in [0.15, 0.2) is 0 Å². The summed E-state index contributed by atoms with van der Waals surface area (Å²) in [6.07, 6.45) is 1.72. The average molecular weight is 391 g/mol. The highest BCUT2D eigenvalue weighted by molar-refractivity contribution is 7.18. The van der Waals surface area contributed by atoms with Crippen LogP contribution < -0.4 is 0 Å². The fourth-order valence-corrected chi connectivity index (χ4v) is 5.08. The molecule has 3 heterocycles. The molecular formula is C21H17N3O3S. The third kappa shape index (κ3) is 2.62. The van der Waals surface area contributed by atoms with Crippen molar-refractivity contribution in [3.05, 3.63) is 64.7 Å². The number of fused-ring (bicyclic) bond motifs is 2. The van der Waals surface area contributed by atoms with Crippen LogP contribution in [0.3, 0.4) is 0 Å². The number of hydrogen-bond donors (Lipinski definition) is 0. The summed E-state index contributed by atoms with van der Waals surface area (Å²) in [7, 11) is 0. The average Bonchev–Trinajstić information content (AvgIpc) is 3.41. The molecule has 0 bridgehead atoms. The van der Waals surface area contributed by atoms with Crippen LogP contribution in [0.25, 0.3) is 10.2 Å². The molecule has 0 radical (unpaired) electrons. The van der Waals surface area contributed by atoms with Crippen molar-refractivity contribution in [2.75, 3.05) is 13.1 Å². The Hall–Kier alpha value is -3.06. The number of likely N-dealkylation sites (tertiary alicyclic amines) is 1. The lowest BCUT2D eigenvalue weighted by atomic mass is 10.1. The van der Waals surface area contributed by atoms with Crippen LogP contribution in [0.1, 0.15) is 44.6 Å². The summed E-state index contributed by atoms with van der Waals surface area (Å²) < 4.78 is 1.09. The summed E-state index contributed by atoms with van der Waals surface area (Å²) in [5, 5.41) is 0.911. The van der Waals surface area contributed by atoms with E-state index in [1.165, 1.54) is 0 Å². The highest BCUT2D eigenvalue weighted by Crippen LogP contribution is 2.36. The Morgan fingerprint density at radius 3 is 2.43 bits per heavy atom. The zero-order valence-electron chi connectivity index (χ0n) is 15.0. The highest BCUT2D eigenvalue weighted by atomic mass is 32.1. The number of aromatic nitrogens is 1. The number of imide groups is 1. The smallest absolute Gasteiger partial charge is 0.262 e. The zero-order chi connectivity index (χ0) is 19.3. The van der Waals surface area contributed by atoms with Gasteiger partial charge >= 0.3 is 0 Å². The minimum Gasteiger partial charge on any atom is -0.332 e. The van der Waals surface area contributed by atoms with Crippen LogP contribution >= 0.6 is 11.3 Å². The van der Waals surface area contributed by atoms with E-state index in [4.69, 9.17) is 4.98 Å². The van der Waals surface area contributed by atoms with Crippen molar-refractivity contribution in [1.82, 2.24) is 14.8 Å². The lowest BCUT2D eigenvalue weighted by Crippen LogP contribution is -2.42. The van der Waals surface area contributed by atoms with Gasteiger partial charge < -0.3 is 4.90 Å². The van der Waals surface area contributed by atoms with Crippen LogP contribution in [0.5, 0.6) is 0 Å². The predicted molar refractivity (Wildman–Crippen MR) is 105 cm³/mol. The first-order chi connectivity index (χ1) is 13.6. The van der Waals surface area contributed by atoms with Gasteiger partial charge in [-0.3, -0.25) is 19.3 Å². The number of benzene rings is 2. The molecule has 0 spiro atoms. The summed E-state index contributed by atoms with van der Waals surface area (Å²) in [4.78, 5) is 45.6. The van der Waals surface area contributed by atoms with Gasteiger partial charge in [0, 0.05) is 6.54 Å². The molecule has 2 aliphatic heterocycles. The van der Waals surface area contributed by atoms with E-state index in [0.717, 1.165) is 33.0 Å². The molecule has 6 nitrogen and oxygen atoms in total. The molecule has 140 valence electrons. The summed E-state index contributed by atoms with van der Waals surface area (Å²) in [6, 6.07) is 14.5. The summed E-state index contributed by atoms with van der Waals surface area (Å²) in [5.41, 5.74) is 1.66. The first-order valence-electron chi connectivity index (χ1n) is 9.23. The fraction of sp³-hybridized carbons (Fsp3) is 0.238. The first kappa shape index (κ1) is 17.1. The highest BCUT2D eigenvalue weighted by Gasteiger charge is 2.39. The second kappa shape index (κ2) is 6.53. The van der Waals surface area contributed by atoms with Crippen molar-refractivity contribution < 1.29 is 14.4 Å². The molecule has 1 unspecified atom stereocenters. The van der Waals surface area contributed by atoms with Crippen molar-refractivity contribution in [2.45, 2.75) is 18.9 Å². The fourth-order valence-electron chi connectivity index (χ4n) is 3.96. The van der Waals surface area contributed by atoms with E-state index < -0.39 is 11.8 Å². The maximum Gasteiger partial charge on any atom is 0.262 e. The Kier molecular flexibility index (Phi) is 3.98. The van der Waals surface area contributed by atoms with E-state index in [1.54, 1.807) is 40.5 Å². The Morgan fingerprint density at radius 2 is 1.71 bits per heavy atom. The van der Waals surface area contributed by atoms with Gasteiger partial charge in [-0.1, -0.05) is 24.3 Å². The molecule has 7 heteroatoms. The summed E-state index contributed by atoms with van der Waals surface area (Å²) >= 11 is 1.60. The molecule has 2 aliphatic rings. The molecule has 0 N–H and O–H groups in total. The third-order valence-corrected chi connectivity index (χ3v) is 6.48. The number of carbonyl (C=O) groups is 3. The maximum absolute atomic E-state index is 13.0. The van der Waals surface area contributed by atoms with E-state index in [9.17, 15) is 14.4 Å². The molecule has 28 heavy (non-hydrogen) atoms. The first-order valence-corrected chi connectivity index (χ1v) is 10.1. The molecule has 0 saturated carbocycles. The molecule has 0 aliphatic carbocycles. The van der Waals surface area contributed by atoms with Gasteiger partial charge in [-0.15, -0.1) is 11.3 Å². The Morgan fingerprint density at radius 1 is 1.04 bits per heavy atom. The Balaban J connectivity index is 1.38. The van der Waals surface area contributed by atoms with Crippen LogP contribution in [0.15, 0.2) is 48.5 Å². The maximum atomic E-state index is 13.0. The molecule has 3 amide bonds. The standard InChI is InChI=1S/C21H17N3O3S/c25-18(12-24-20(26)13-6-1-2-7-14(13)21(24)27)23-11-5-9-16(23)19-22-15-8-3-4-10-17(15)28-19/h1-4,6-8,10,16H,5,9,11-12H2. The number of amides is 3. The number of nitrogens with zero attached hydrogens (tertiary/aromatic N) is 3. The van der Waals surface area contributed by atoms with E-state index in [0.29, 0.717) is 17.7 Å². The third-order valence-electron chi connectivity index (χ3n) is 5.34. The van der Waals surface area contributed by atoms with Crippen LogP contribution in [-0.4, -0.2) is 45.6 Å². The number of thiazole rings is 1. The van der Waals surface area contributed by atoms with Crippen molar-refractivity contribution in [3.63, 3.8) is 0 Å². The largest absolute Gasteiger partial charge is 0.332 e. The summed E-state index contributed by atoms with van der Waals surface area (Å²) in [5.74, 6) is -1.01. The SMILES string of the molecule is O=C1c2ccccc2C(=O)N1CC(=O)N1CCCC1c1nc2ccccc2s1. The van der Waals surface area contributed by atoms with Gasteiger partial charge in [-0.2, -0.15) is 0 Å². The van der Waals surface area contributed by atoms with E-state index in [1.807, 2.05) is 24.3 Å². The van der Waals surface area contributed by atoms with E-state index in [-0.39, 0.29) is 18.5 Å². The zero-order valence-corrected chi connectivity index (χ0v) is 15.8. The number of para-hydroxylation sites is 1. The number of rotatable bonds is 3.